The normalized spacial score (nSPS) is 22.3. The Morgan fingerprint density at radius 3 is 2.47 bits per heavy atom. The van der Waals surface area contributed by atoms with Crippen LogP contribution in [-0.4, -0.2) is 34.4 Å². The number of primary sulfonamides is 1. The van der Waals surface area contributed by atoms with Crippen molar-refractivity contribution in [1.29, 1.82) is 0 Å². The van der Waals surface area contributed by atoms with E-state index in [4.69, 9.17) is 10.9 Å². The SMILES string of the molecule is Nc1cc(NC2CCS(=O)(=O)C2)ccc1S(N)(=O)=O. The summed E-state index contributed by atoms with van der Waals surface area (Å²) in [5, 5.41) is 8.02. The van der Waals surface area contributed by atoms with Gasteiger partial charge < -0.3 is 11.1 Å². The molecule has 0 radical (unpaired) electrons. The predicted molar refractivity (Wildman–Crippen MR) is 72.9 cm³/mol. The van der Waals surface area contributed by atoms with Gasteiger partial charge >= 0.3 is 0 Å². The molecule has 1 aliphatic rings. The fourth-order valence-electron chi connectivity index (χ4n) is 2.04. The molecular formula is C10H15N3O4S2. The van der Waals surface area contributed by atoms with Gasteiger partial charge in [-0.1, -0.05) is 0 Å². The lowest BCUT2D eigenvalue weighted by atomic mass is 10.2. The van der Waals surface area contributed by atoms with Crippen molar-refractivity contribution in [3.63, 3.8) is 0 Å². The molecule has 106 valence electrons. The second kappa shape index (κ2) is 4.66. The summed E-state index contributed by atoms with van der Waals surface area (Å²) in [6.07, 6.45) is 0.527. The van der Waals surface area contributed by atoms with Gasteiger partial charge in [-0.2, -0.15) is 0 Å². The average Bonchev–Trinajstić information content (AvgIpc) is 2.56. The van der Waals surface area contributed by atoms with E-state index < -0.39 is 19.9 Å². The molecule has 0 aliphatic carbocycles. The van der Waals surface area contributed by atoms with Crippen molar-refractivity contribution in [3.8, 4) is 0 Å². The van der Waals surface area contributed by atoms with Crippen molar-refractivity contribution < 1.29 is 16.8 Å². The third-order valence-electron chi connectivity index (χ3n) is 2.92. The highest BCUT2D eigenvalue weighted by atomic mass is 32.2. The van der Waals surface area contributed by atoms with Crippen molar-refractivity contribution >= 4 is 31.2 Å². The number of anilines is 2. The Morgan fingerprint density at radius 1 is 1.32 bits per heavy atom. The molecular weight excluding hydrogens is 290 g/mol. The molecule has 1 atom stereocenters. The van der Waals surface area contributed by atoms with Gasteiger partial charge in [0.15, 0.2) is 9.84 Å². The fourth-order valence-corrected chi connectivity index (χ4v) is 4.36. The second-order valence-corrected chi connectivity index (χ2v) is 8.30. The smallest absolute Gasteiger partial charge is 0.240 e. The maximum absolute atomic E-state index is 11.3. The first-order valence-electron chi connectivity index (χ1n) is 5.57. The van der Waals surface area contributed by atoms with Gasteiger partial charge in [0.1, 0.15) is 4.90 Å². The molecule has 1 aliphatic heterocycles. The zero-order chi connectivity index (χ0) is 14.3. The number of sulfonamides is 1. The zero-order valence-electron chi connectivity index (χ0n) is 10.0. The minimum absolute atomic E-state index is 0.0355. The Kier molecular flexibility index (Phi) is 3.45. The summed E-state index contributed by atoms with van der Waals surface area (Å²) in [6.45, 7) is 0. The molecule has 1 unspecified atom stereocenters. The highest BCUT2D eigenvalue weighted by Crippen LogP contribution is 2.23. The van der Waals surface area contributed by atoms with Gasteiger partial charge in [-0.3, -0.25) is 0 Å². The maximum Gasteiger partial charge on any atom is 0.240 e. The molecule has 5 N–H and O–H groups in total. The number of hydrogen-bond acceptors (Lipinski definition) is 6. The summed E-state index contributed by atoms with van der Waals surface area (Å²) >= 11 is 0. The van der Waals surface area contributed by atoms with Crippen molar-refractivity contribution in [2.45, 2.75) is 17.4 Å². The molecule has 0 aromatic heterocycles. The minimum atomic E-state index is -3.84. The van der Waals surface area contributed by atoms with Gasteiger partial charge in [0, 0.05) is 11.7 Å². The molecule has 1 aromatic rings. The Hall–Kier alpha value is -1.32. The molecule has 7 nitrogen and oxygen atoms in total. The average molecular weight is 305 g/mol. The van der Waals surface area contributed by atoms with E-state index in [2.05, 4.69) is 5.32 Å². The molecule has 0 saturated carbocycles. The molecule has 9 heteroatoms. The number of nitrogens with two attached hydrogens (primary N) is 2. The fraction of sp³-hybridized carbons (Fsp3) is 0.400. The Morgan fingerprint density at radius 2 is 2.00 bits per heavy atom. The highest BCUT2D eigenvalue weighted by Gasteiger charge is 2.27. The van der Waals surface area contributed by atoms with Crippen LogP contribution in [0.4, 0.5) is 11.4 Å². The van der Waals surface area contributed by atoms with E-state index in [-0.39, 0.29) is 28.1 Å². The highest BCUT2D eigenvalue weighted by molar-refractivity contribution is 7.91. The van der Waals surface area contributed by atoms with Crippen LogP contribution >= 0.6 is 0 Å². The van der Waals surface area contributed by atoms with E-state index in [1.54, 1.807) is 0 Å². The zero-order valence-corrected chi connectivity index (χ0v) is 11.7. The Balaban J connectivity index is 2.18. The van der Waals surface area contributed by atoms with Crippen LogP contribution in [0.3, 0.4) is 0 Å². The summed E-state index contributed by atoms with van der Waals surface area (Å²) in [4.78, 5) is -0.142. The van der Waals surface area contributed by atoms with E-state index in [0.29, 0.717) is 12.1 Å². The lowest BCUT2D eigenvalue weighted by Crippen LogP contribution is -2.21. The van der Waals surface area contributed by atoms with Crippen molar-refractivity contribution in [2.24, 2.45) is 5.14 Å². The van der Waals surface area contributed by atoms with Gasteiger partial charge in [0.25, 0.3) is 0 Å². The van der Waals surface area contributed by atoms with Crippen molar-refractivity contribution in [3.05, 3.63) is 18.2 Å². The minimum Gasteiger partial charge on any atom is -0.398 e. The van der Waals surface area contributed by atoms with E-state index >= 15 is 0 Å². The molecule has 19 heavy (non-hydrogen) atoms. The third-order valence-corrected chi connectivity index (χ3v) is 5.67. The van der Waals surface area contributed by atoms with Crippen LogP contribution in [0.5, 0.6) is 0 Å². The van der Waals surface area contributed by atoms with Crippen LogP contribution in [0.15, 0.2) is 23.1 Å². The van der Waals surface area contributed by atoms with Gasteiger partial charge in [-0.15, -0.1) is 0 Å². The monoisotopic (exact) mass is 305 g/mol. The lowest BCUT2D eigenvalue weighted by molar-refractivity contribution is 0.597. The number of sulfone groups is 1. The number of hydrogen-bond donors (Lipinski definition) is 3. The quantitative estimate of drug-likeness (QED) is 0.646. The van der Waals surface area contributed by atoms with Gasteiger partial charge in [0.2, 0.25) is 10.0 Å². The molecule has 1 aromatic carbocycles. The molecule has 0 amide bonds. The summed E-state index contributed by atoms with van der Waals surface area (Å²) in [6, 6.07) is 4.08. The molecule has 1 fully saturated rings. The lowest BCUT2D eigenvalue weighted by Gasteiger charge is -2.13. The van der Waals surface area contributed by atoms with Crippen molar-refractivity contribution in [2.75, 3.05) is 22.6 Å². The second-order valence-electron chi connectivity index (χ2n) is 4.54. The van der Waals surface area contributed by atoms with E-state index in [9.17, 15) is 16.8 Å². The number of benzene rings is 1. The third kappa shape index (κ3) is 3.37. The van der Waals surface area contributed by atoms with E-state index in [1.165, 1.54) is 18.2 Å². The van der Waals surface area contributed by atoms with Gasteiger partial charge in [0.05, 0.1) is 17.2 Å². The molecule has 0 bridgehead atoms. The predicted octanol–water partition coefficient (Wildman–Crippen LogP) is -0.485. The first-order chi connectivity index (χ1) is 8.67. The summed E-state index contributed by atoms with van der Waals surface area (Å²) in [5.41, 5.74) is 6.23. The van der Waals surface area contributed by atoms with E-state index in [1.807, 2.05) is 0 Å². The van der Waals surface area contributed by atoms with Crippen LogP contribution in [0.25, 0.3) is 0 Å². The van der Waals surface area contributed by atoms with Crippen LogP contribution < -0.4 is 16.2 Å². The number of rotatable bonds is 3. The van der Waals surface area contributed by atoms with Crippen LogP contribution in [0.1, 0.15) is 6.42 Å². The standard InChI is InChI=1S/C10H15N3O4S2/c11-9-5-7(1-2-10(9)19(12,16)17)13-8-3-4-18(14,15)6-8/h1-2,5,8,13H,3-4,6,11H2,(H2,12,16,17). The van der Waals surface area contributed by atoms with Crippen molar-refractivity contribution in [1.82, 2.24) is 0 Å². The van der Waals surface area contributed by atoms with Gasteiger partial charge in [-0.25, -0.2) is 22.0 Å². The largest absolute Gasteiger partial charge is 0.398 e. The number of nitrogens with one attached hydrogen (secondary N) is 1. The maximum atomic E-state index is 11.3. The first-order valence-corrected chi connectivity index (χ1v) is 8.93. The molecule has 1 saturated heterocycles. The summed E-state index contributed by atoms with van der Waals surface area (Å²) < 4.78 is 45.0. The van der Waals surface area contributed by atoms with Crippen LogP contribution in [0, 0.1) is 0 Å². The van der Waals surface area contributed by atoms with Gasteiger partial charge in [-0.05, 0) is 24.6 Å². The van der Waals surface area contributed by atoms with Crippen LogP contribution in [0.2, 0.25) is 0 Å². The number of nitrogen functional groups attached to an aromatic ring is 1. The summed E-state index contributed by atoms with van der Waals surface area (Å²) in [5.74, 6) is 0.235. The van der Waals surface area contributed by atoms with E-state index in [0.717, 1.165) is 0 Å². The first kappa shape index (κ1) is 14.1. The molecule has 0 spiro atoms. The topological polar surface area (TPSA) is 132 Å². The molecule has 1 heterocycles. The Bertz CT molecular complexity index is 697. The Labute approximate surface area is 112 Å². The van der Waals surface area contributed by atoms with Crippen LogP contribution in [-0.2, 0) is 19.9 Å². The molecule has 2 rings (SSSR count). The summed E-state index contributed by atoms with van der Waals surface area (Å²) in [7, 11) is -6.81.